The fraction of sp³-hybridized carbons (Fsp3) is 1.00. The van der Waals surface area contributed by atoms with Crippen LogP contribution in [0.1, 0.15) is 33.1 Å². The fourth-order valence-electron chi connectivity index (χ4n) is 1.96. The first-order chi connectivity index (χ1) is 7.79. The van der Waals surface area contributed by atoms with Gasteiger partial charge in [0, 0.05) is 13.2 Å². The molecule has 1 aliphatic heterocycles. The van der Waals surface area contributed by atoms with Crippen molar-refractivity contribution in [3.8, 4) is 0 Å². The summed E-state index contributed by atoms with van der Waals surface area (Å²) in [7, 11) is 0. The largest absolute Gasteiger partial charge is 0.379 e. The number of nitrogens with one attached hydrogen (secondary N) is 1. The molecule has 0 unspecified atom stereocenters. The Balaban J connectivity index is 1.80. The molecule has 1 rings (SSSR count). The highest BCUT2D eigenvalue weighted by Gasteiger charge is 2.11. The summed E-state index contributed by atoms with van der Waals surface area (Å²) in [6, 6.07) is 0. The van der Waals surface area contributed by atoms with Crippen LogP contribution < -0.4 is 5.32 Å². The minimum Gasteiger partial charge on any atom is -0.379 e. The van der Waals surface area contributed by atoms with Crippen molar-refractivity contribution < 1.29 is 9.47 Å². The quantitative estimate of drug-likeness (QED) is 0.646. The minimum absolute atomic E-state index is 0.620. The average Bonchev–Trinajstić information content (AvgIpc) is 2.29. The molecule has 0 aliphatic carbocycles. The van der Waals surface area contributed by atoms with E-state index in [-0.39, 0.29) is 0 Å². The second-order valence-electron chi connectivity index (χ2n) is 5.06. The van der Waals surface area contributed by atoms with E-state index in [9.17, 15) is 0 Å². The summed E-state index contributed by atoms with van der Waals surface area (Å²) >= 11 is 0. The maximum absolute atomic E-state index is 5.57. The van der Waals surface area contributed by atoms with Crippen LogP contribution in [-0.4, -0.2) is 39.5 Å². The molecular weight excluding hydrogens is 202 g/mol. The van der Waals surface area contributed by atoms with Gasteiger partial charge in [-0.1, -0.05) is 13.8 Å². The van der Waals surface area contributed by atoms with Gasteiger partial charge < -0.3 is 14.8 Å². The van der Waals surface area contributed by atoms with E-state index in [0.29, 0.717) is 5.92 Å². The van der Waals surface area contributed by atoms with E-state index in [2.05, 4.69) is 19.2 Å². The first-order valence-electron chi connectivity index (χ1n) is 6.65. The van der Waals surface area contributed by atoms with Gasteiger partial charge in [0.1, 0.15) is 0 Å². The molecule has 3 nitrogen and oxygen atoms in total. The van der Waals surface area contributed by atoms with E-state index in [4.69, 9.17) is 9.47 Å². The van der Waals surface area contributed by atoms with E-state index in [1.165, 1.54) is 32.4 Å². The zero-order chi connectivity index (χ0) is 11.6. The first-order valence-corrected chi connectivity index (χ1v) is 6.65. The van der Waals surface area contributed by atoms with E-state index in [0.717, 1.165) is 32.3 Å². The van der Waals surface area contributed by atoms with Crippen LogP contribution in [-0.2, 0) is 9.47 Å². The molecule has 1 heterocycles. The number of rotatable bonds is 8. The highest BCUT2D eigenvalue weighted by molar-refractivity contribution is 4.67. The molecule has 1 N–H and O–H groups in total. The van der Waals surface area contributed by atoms with Crippen LogP contribution in [0.25, 0.3) is 0 Å². The van der Waals surface area contributed by atoms with Crippen LogP contribution in [0.4, 0.5) is 0 Å². The Hall–Kier alpha value is -0.120. The highest BCUT2D eigenvalue weighted by atomic mass is 16.5. The molecule has 0 spiro atoms. The summed E-state index contributed by atoms with van der Waals surface area (Å²) in [5.74, 6) is 1.49. The summed E-state index contributed by atoms with van der Waals surface area (Å²) in [5.41, 5.74) is 0. The van der Waals surface area contributed by atoms with Crippen molar-refractivity contribution in [1.82, 2.24) is 5.32 Å². The van der Waals surface area contributed by atoms with E-state index >= 15 is 0 Å². The molecule has 0 aromatic carbocycles. The Bertz CT molecular complexity index is 156. The molecule has 96 valence electrons. The lowest BCUT2D eigenvalue weighted by atomic mass is 9.95. The molecule has 0 amide bonds. The topological polar surface area (TPSA) is 30.5 Å². The van der Waals surface area contributed by atoms with Crippen molar-refractivity contribution in [2.24, 2.45) is 11.8 Å². The van der Waals surface area contributed by atoms with Gasteiger partial charge in [0.25, 0.3) is 0 Å². The summed E-state index contributed by atoms with van der Waals surface area (Å²) in [6.07, 6.45) is 3.84. The standard InChI is InChI=1S/C13H27NO2/c1-12(2)11-16-10-9-15-8-5-13-3-6-14-7-4-13/h12-14H,3-11H2,1-2H3. The lowest BCUT2D eigenvalue weighted by molar-refractivity contribution is 0.0325. The van der Waals surface area contributed by atoms with Crippen LogP contribution in [0, 0.1) is 11.8 Å². The lowest BCUT2D eigenvalue weighted by Crippen LogP contribution is -2.28. The van der Waals surface area contributed by atoms with Gasteiger partial charge in [-0.3, -0.25) is 0 Å². The smallest absolute Gasteiger partial charge is 0.0700 e. The van der Waals surface area contributed by atoms with Gasteiger partial charge in [0.05, 0.1) is 13.2 Å². The first kappa shape index (κ1) is 13.9. The number of piperidine rings is 1. The van der Waals surface area contributed by atoms with Gasteiger partial charge in [-0.2, -0.15) is 0 Å². The molecule has 0 atom stereocenters. The van der Waals surface area contributed by atoms with E-state index in [1.807, 2.05) is 0 Å². The number of ether oxygens (including phenoxy) is 2. The van der Waals surface area contributed by atoms with Crippen LogP contribution in [0.2, 0.25) is 0 Å². The Morgan fingerprint density at radius 3 is 2.44 bits per heavy atom. The summed E-state index contributed by atoms with van der Waals surface area (Å²) in [6.45, 7) is 9.93. The molecule has 1 fully saturated rings. The van der Waals surface area contributed by atoms with Crippen LogP contribution in [0.5, 0.6) is 0 Å². The molecule has 0 aromatic heterocycles. The van der Waals surface area contributed by atoms with Gasteiger partial charge in [-0.25, -0.2) is 0 Å². The Morgan fingerprint density at radius 2 is 1.75 bits per heavy atom. The number of hydrogen-bond acceptors (Lipinski definition) is 3. The zero-order valence-corrected chi connectivity index (χ0v) is 10.8. The highest BCUT2D eigenvalue weighted by Crippen LogP contribution is 2.15. The van der Waals surface area contributed by atoms with E-state index < -0.39 is 0 Å². The summed E-state index contributed by atoms with van der Waals surface area (Å²) < 4.78 is 11.0. The molecule has 0 bridgehead atoms. The van der Waals surface area contributed by atoms with Crippen LogP contribution in [0.15, 0.2) is 0 Å². The fourth-order valence-corrected chi connectivity index (χ4v) is 1.96. The molecule has 3 heteroatoms. The summed E-state index contributed by atoms with van der Waals surface area (Å²) in [5, 5.41) is 3.38. The third kappa shape index (κ3) is 7.20. The molecule has 16 heavy (non-hydrogen) atoms. The van der Waals surface area contributed by atoms with Crippen molar-refractivity contribution in [1.29, 1.82) is 0 Å². The summed E-state index contributed by atoms with van der Waals surface area (Å²) in [4.78, 5) is 0. The predicted molar refractivity (Wildman–Crippen MR) is 66.7 cm³/mol. The molecule has 0 saturated carbocycles. The van der Waals surface area contributed by atoms with Gasteiger partial charge in [-0.05, 0) is 44.2 Å². The van der Waals surface area contributed by atoms with Crippen molar-refractivity contribution in [3.05, 3.63) is 0 Å². The van der Waals surface area contributed by atoms with E-state index in [1.54, 1.807) is 0 Å². The van der Waals surface area contributed by atoms with Gasteiger partial charge >= 0.3 is 0 Å². The van der Waals surface area contributed by atoms with Crippen LogP contribution >= 0.6 is 0 Å². The van der Waals surface area contributed by atoms with Crippen molar-refractivity contribution in [3.63, 3.8) is 0 Å². The lowest BCUT2D eigenvalue weighted by Gasteiger charge is -2.22. The zero-order valence-electron chi connectivity index (χ0n) is 10.8. The van der Waals surface area contributed by atoms with Crippen molar-refractivity contribution >= 4 is 0 Å². The molecule has 0 radical (unpaired) electrons. The second kappa shape index (κ2) is 8.97. The third-order valence-electron chi connectivity index (χ3n) is 2.95. The Morgan fingerprint density at radius 1 is 1.06 bits per heavy atom. The van der Waals surface area contributed by atoms with Crippen molar-refractivity contribution in [2.45, 2.75) is 33.1 Å². The van der Waals surface area contributed by atoms with Gasteiger partial charge in [-0.15, -0.1) is 0 Å². The molecule has 0 aromatic rings. The van der Waals surface area contributed by atoms with Crippen molar-refractivity contribution in [2.75, 3.05) is 39.5 Å². The molecule has 1 saturated heterocycles. The molecular formula is C13H27NO2. The molecule has 1 aliphatic rings. The number of hydrogen-bond donors (Lipinski definition) is 1. The SMILES string of the molecule is CC(C)COCCOCCC1CCNCC1. The van der Waals surface area contributed by atoms with Crippen LogP contribution in [0.3, 0.4) is 0 Å². The average molecular weight is 229 g/mol. The maximum atomic E-state index is 5.57. The maximum Gasteiger partial charge on any atom is 0.0700 e. The third-order valence-corrected chi connectivity index (χ3v) is 2.95. The predicted octanol–water partition coefficient (Wildman–Crippen LogP) is 2.07. The monoisotopic (exact) mass is 229 g/mol. The normalized spacial score (nSPS) is 18.2. The van der Waals surface area contributed by atoms with Gasteiger partial charge in [0.2, 0.25) is 0 Å². The van der Waals surface area contributed by atoms with Gasteiger partial charge in [0.15, 0.2) is 0 Å². The Labute approximate surface area is 99.9 Å². The second-order valence-corrected chi connectivity index (χ2v) is 5.06. The minimum atomic E-state index is 0.620. The Kier molecular flexibility index (Phi) is 7.81.